The highest BCUT2D eigenvalue weighted by Crippen LogP contribution is 2.34. The van der Waals surface area contributed by atoms with Gasteiger partial charge in [0.15, 0.2) is 0 Å². The summed E-state index contributed by atoms with van der Waals surface area (Å²) in [6.45, 7) is 3.52. The summed E-state index contributed by atoms with van der Waals surface area (Å²) in [5.41, 5.74) is 1.48. The topological polar surface area (TPSA) is 97.8 Å². The fraction of sp³-hybridized carbons (Fsp3) is 0.250. The molecule has 0 bridgehead atoms. The van der Waals surface area contributed by atoms with E-state index in [1.165, 1.54) is 12.1 Å². The van der Waals surface area contributed by atoms with Crippen LogP contribution in [0, 0.1) is 5.82 Å². The lowest BCUT2D eigenvalue weighted by atomic mass is 10.1. The summed E-state index contributed by atoms with van der Waals surface area (Å²) in [6, 6.07) is 17.1. The zero-order valence-corrected chi connectivity index (χ0v) is 20.9. The van der Waals surface area contributed by atoms with E-state index in [1.54, 1.807) is 37.6 Å². The predicted molar refractivity (Wildman–Crippen MR) is 144 cm³/mol. The van der Waals surface area contributed by atoms with E-state index in [9.17, 15) is 9.18 Å². The molecule has 1 fully saturated rings. The zero-order valence-electron chi connectivity index (χ0n) is 20.9. The highest BCUT2D eigenvalue weighted by molar-refractivity contribution is 6.10. The van der Waals surface area contributed by atoms with Crippen LogP contribution in [0.5, 0.6) is 11.6 Å². The van der Waals surface area contributed by atoms with E-state index in [1.807, 2.05) is 29.2 Å². The number of benzene rings is 3. The van der Waals surface area contributed by atoms with Gasteiger partial charge < -0.3 is 29.7 Å². The van der Waals surface area contributed by atoms with Gasteiger partial charge in [-0.1, -0.05) is 24.3 Å². The van der Waals surface area contributed by atoms with E-state index in [-0.39, 0.29) is 5.56 Å². The molecule has 1 amide bonds. The summed E-state index contributed by atoms with van der Waals surface area (Å²) in [4.78, 5) is 23.8. The van der Waals surface area contributed by atoms with Crippen molar-refractivity contribution in [2.24, 2.45) is 0 Å². The van der Waals surface area contributed by atoms with Crippen LogP contribution in [-0.4, -0.2) is 62.4 Å². The molecule has 0 atom stereocenters. The van der Waals surface area contributed by atoms with Crippen LogP contribution >= 0.6 is 0 Å². The molecule has 1 aliphatic heterocycles. The summed E-state index contributed by atoms with van der Waals surface area (Å²) in [5.74, 6) is 0.506. The third-order valence-corrected chi connectivity index (χ3v) is 6.09. The van der Waals surface area contributed by atoms with Gasteiger partial charge in [-0.05, 0) is 30.3 Å². The smallest absolute Gasteiger partial charge is 0.255 e. The van der Waals surface area contributed by atoms with Crippen molar-refractivity contribution in [1.29, 1.82) is 0 Å². The molecule has 4 aromatic rings. The first kappa shape index (κ1) is 25.4. The number of morpholine rings is 1. The van der Waals surface area contributed by atoms with E-state index < -0.39 is 11.7 Å². The minimum atomic E-state index is -0.464. The number of methoxy groups -OCH3 is 1. The van der Waals surface area contributed by atoms with Crippen LogP contribution in [0.1, 0.15) is 10.4 Å². The molecule has 2 N–H and O–H groups in total. The van der Waals surface area contributed by atoms with Gasteiger partial charge in [-0.2, -0.15) is 4.98 Å². The summed E-state index contributed by atoms with van der Waals surface area (Å²) >= 11 is 0. The second kappa shape index (κ2) is 11.8. The maximum absolute atomic E-state index is 14.4. The average Bonchev–Trinajstić information content (AvgIpc) is 2.95. The van der Waals surface area contributed by atoms with Crippen molar-refractivity contribution in [3.05, 3.63) is 78.2 Å². The number of hydrogen-bond acceptors (Lipinski definition) is 8. The number of anilines is 3. The lowest BCUT2D eigenvalue weighted by molar-refractivity contribution is 0.102. The molecule has 3 aromatic carbocycles. The first-order valence-electron chi connectivity index (χ1n) is 12.3. The molecule has 2 heterocycles. The molecule has 196 valence electrons. The number of carbonyl (C=O) groups is 1. The zero-order chi connectivity index (χ0) is 26.3. The Morgan fingerprint density at radius 2 is 1.89 bits per heavy atom. The van der Waals surface area contributed by atoms with Gasteiger partial charge in [-0.15, -0.1) is 0 Å². The number of nitrogens with zero attached hydrogens (tertiary/aromatic N) is 3. The highest BCUT2D eigenvalue weighted by Gasteiger charge is 2.17. The fourth-order valence-electron chi connectivity index (χ4n) is 4.23. The van der Waals surface area contributed by atoms with E-state index in [2.05, 4.69) is 20.6 Å². The highest BCUT2D eigenvalue weighted by atomic mass is 19.1. The van der Waals surface area contributed by atoms with Crippen molar-refractivity contribution in [2.45, 2.75) is 0 Å². The van der Waals surface area contributed by atoms with Gasteiger partial charge in [0, 0.05) is 66.7 Å². The van der Waals surface area contributed by atoms with Crippen molar-refractivity contribution >= 4 is 34.0 Å². The predicted octanol–water partition coefficient (Wildman–Crippen LogP) is 4.71. The van der Waals surface area contributed by atoms with Gasteiger partial charge in [0.05, 0.1) is 19.8 Å². The van der Waals surface area contributed by atoms with Gasteiger partial charge in [-0.3, -0.25) is 4.79 Å². The summed E-state index contributed by atoms with van der Waals surface area (Å²) < 4.78 is 30.9. The summed E-state index contributed by atoms with van der Waals surface area (Å²) in [6.07, 6.45) is 1.61. The number of amides is 1. The number of fused-ring (bicyclic) bond motifs is 1. The first-order chi connectivity index (χ1) is 18.6. The summed E-state index contributed by atoms with van der Waals surface area (Å²) in [7, 11) is 1.63. The maximum Gasteiger partial charge on any atom is 0.255 e. The monoisotopic (exact) mass is 517 g/mol. The van der Waals surface area contributed by atoms with E-state index >= 15 is 0 Å². The lowest BCUT2D eigenvalue weighted by Gasteiger charge is -2.29. The van der Waals surface area contributed by atoms with E-state index in [4.69, 9.17) is 14.2 Å². The molecular weight excluding hydrogens is 489 g/mol. The van der Waals surface area contributed by atoms with Crippen LogP contribution in [0.25, 0.3) is 10.8 Å². The number of ether oxygens (including phenoxy) is 3. The Hall–Kier alpha value is -4.28. The number of rotatable bonds is 9. The molecule has 1 aromatic heterocycles. The van der Waals surface area contributed by atoms with Crippen molar-refractivity contribution in [3.63, 3.8) is 0 Å². The number of hydrogen-bond donors (Lipinski definition) is 2. The Balaban J connectivity index is 1.37. The van der Waals surface area contributed by atoms with E-state index in [0.29, 0.717) is 68.4 Å². The molecule has 0 unspecified atom stereocenters. The molecule has 10 heteroatoms. The normalized spacial score (nSPS) is 13.4. The SMILES string of the molecule is COCCNc1nccc(Oc2ccc(NC(=O)c3cc(F)cc(N4CCOCC4)c3)c3ccccc23)n1. The van der Waals surface area contributed by atoms with Crippen LogP contribution in [0.3, 0.4) is 0 Å². The van der Waals surface area contributed by atoms with Crippen molar-refractivity contribution in [1.82, 2.24) is 9.97 Å². The standard InChI is InChI=1S/C28H28FN5O4/c1-36-13-10-31-28-30-9-8-26(33-28)38-25-7-6-24(22-4-2-3-5-23(22)25)32-27(35)19-16-20(29)18-21(17-19)34-11-14-37-15-12-34/h2-9,16-18H,10-15H2,1H3,(H,32,35)(H,30,31,33). The molecule has 1 saturated heterocycles. The first-order valence-corrected chi connectivity index (χ1v) is 12.3. The largest absolute Gasteiger partial charge is 0.438 e. The molecule has 0 radical (unpaired) electrons. The Bertz CT molecular complexity index is 1430. The summed E-state index contributed by atoms with van der Waals surface area (Å²) in [5, 5.41) is 7.57. The molecule has 0 saturated carbocycles. The molecule has 5 rings (SSSR count). The van der Waals surface area contributed by atoms with E-state index in [0.717, 1.165) is 10.8 Å². The molecule has 9 nitrogen and oxygen atoms in total. The van der Waals surface area contributed by atoms with Crippen LogP contribution in [-0.2, 0) is 9.47 Å². The number of nitrogens with one attached hydrogen (secondary N) is 2. The van der Waals surface area contributed by atoms with Crippen molar-refractivity contribution in [3.8, 4) is 11.6 Å². The molecule has 0 aliphatic carbocycles. The van der Waals surface area contributed by atoms with Crippen molar-refractivity contribution < 1.29 is 23.4 Å². The molecule has 38 heavy (non-hydrogen) atoms. The fourth-order valence-corrected chi connectivity index (χ4v) is 4.23. The number of halogens is 1. The van der Waals surface area contributed by atoms with Gasteiger partial charge >= 0.3 is 0 Å². The van der Waals surface area contributed by atoms with Crippen molar-refractivity contribution in [2.75, 3.05) is 62.1 Å². The Labute approximate surface area is 219 Å². The maximum atomic E-state index is 14.4. The third-order valence-electron chi connectivity index (χ3n) is 6.09. The minimum Gasteiger partial charge on any atom is -0.438 e. The minimum absolute atomic E-state index is 0.241. The average molecular weight is 518 g/mol. The third kappa shape index (κ3) is 5.99. The molecule has 1 aliphatic rings. The van der Waals surface area contributed by atoms with Gasteiger partial charge in [0.1, 0.15) is 11.6 Å². The lowest BCUT2D eigenvalue weighted by Crippen LogP contribution is -2.36. The number of carbonyl (C=O) groups excluding carboxylic acids is 1. The molecular formula is C28H28FN5O4. The Morgan fingerprint density at radius 3 is 2.71 bits per heavy atom. The van der Waals surface area contributed by atoms with Gasteiger partial charge in [0.25, 0.3) is 5.91 Å². The molecule has 0 spiro atoms. The quantitative estimate of drug-likeness (QED) is 0.308. The Morgan fingerprint density at radius 1 is 1.08 bits per heavy atom. The van der Waals surface area contributed by atoms with Crippen LogP contribution in [0.2, 0.25) is 0 Å². The Kier molecular flexibility index (Phi) is 7.91. The van der Waals surface area contributed by atoms with Crippen LogP contribution in [0.4, 0.5) is 21.7 Å². The van der Waals surface area contributed by atoms with Crippen LogP contribution in [0.15, 0.2) is 66.9 Å². The van der Waals surface area contributed by atoms with Crippen LogP contribution < -0.4 is 20.3 Å². The number of aromatic nitrogens is 2. The second-order valence-corrected chi connectivity index (χ2v) is 8.65. The van der Waals surface area contributed by atoms with Gasteiger partial charge in [0.2, 0.25) is 11.8 Å². The van der Waals surface area contributed by atoms with Gasteiger partial charge in [-0.25, -0.2) is 9.37 Å². The second-order valence-electron chi connectivity index (χ2n) is 8.65.